The monoisotopic (exact) mass is 338 g/mol. The molecular weight excluding hydrogens is 332 g/mol. The number of fused-ring (bicyclic) bond motifs is 1. The van der Waals surface area contributed by atoms with Crippen LogP contribution in [0.25, 0.3) is 6.08 Å². The normalized spacial score (nSPS) is 24.0. The lowest BCUT2D eigenvalue weighted by atomic mass is 9.96. The van der Waals surface area contributed by atoms with E-state index in [4.69, 9.17) is 32.7 Å². The summed E-state index contributed by atoms with van der Waals surface area (Å²) in [6.45, 7) is 0.115. The summed E-state index contributed by atoms with van der Waals surface area (Å²) in [7, 11) is 0. The highest BCUT2D eigenvalue weighted by atomic mass is 35.5. The van der Waals surface area contributed by atoms with Crippen LogP contribution >= 0.6 is 23.2 Å². The van der Waals surface area contributed by atoms with Gasteiger partial charge in [0.2, 0.25) is 6.10 Å². The molecular formula is C13H7Cl2F3O3. The number of benzene rings is 1. The Morgan fingerprint density at radius 1 is 1.29 bits per heavy atom. The Bertz CT molecular complexity index is 651. The zero-order valence-electron chi connectivity index (χ0n) is 10.2. The first-order chi connectivity index (χ1) is 9.77. The maximum absolute atomic E-state index is 13.1. The summed E-state index contributed by atoms with van der Waals surface area (Å²) in [5, 5.41) is 0.190. The van der Waals surface area contributed by atoms with Crippen molar-refractivity contribution in [2.24, 2.45) is 0 Å². The van der Waals surface area contributed by atoms with E-state index in [1.54, 1.807) is 0 Å². The minimum absolute atomic E-state index is 0.0443. The number of halogens is 5. The quantitative estimate of drug-likeness (QED) is 0.772. The number of epoxide rings is 1. The molecule has 0 N–H and O–H groups in total. The number of hydrogen-bond donors (Lipinski definition) is 0. The fourth-order valence-corrected chi connectivity index (χ4v) is 2.62. The van der Waals surface area contributed by atoms with Crippen molar-refractivity contribution in [2.75, 3.05) is 6.61 Å². The lowest BCUT2D eigenvalue weighted by molar-refractivity contribution is -0.185. The van der Waals surface area contributed by atoms with E-state index in [0.29, 0.717) is 0 Å². The van der Waals surface area contributed by atoms with Crippen LogP contribution in [-0.4, -0.2) is 30.8 Å². The summed E-state index contributed by atoms with van der Waals surface area (Å²) in [6, 6.07) is 2.66. The van der Waals surface area contributed by atoms with Crippen molar-refractivity contribution in [1.82, 2.24) is 0 Å². The van der Waals surface area contributed by atoms with E-state index in [2.05, 4.69) is 0 Å². The summed E-state index contributed by atoms with van der Waals surface area (Å²) in [5.74, 6) is -0.879. The van der Waals surface area contributed by atoms with E-state index in [9.17, 15) is 18.0 Å². The summed E-state index contributed by atoms with van der Waals surface area (Å²) < 4.78 is 49.0. The van der Waals surface area contributed by atoms with Crippen LogP contribution in [0.5, 0.6) is 5.75 Å². The molecule has 112 valence electrons. The molecule has 2 aliphatic rings. The van der Waals surface area contributed by atoms with Gasteiger partial charge in [0.05, 0.1) is 11.6 Å². The lowest BCUT2D eigenvalue weighted by Gasteiger charge is -2.28. The SMILES string of the molecule is O=C(C1=Cc2cc(Cl)cc(Cl)c2O[C@@H]1C(F)(F)F)C1CO1. The topological polar surface area (TPSA) is 38.8 Å². The van der Waals surface area contributed by atoms with E-state index < -0.39 is 29.7 Å². The molecule has 1 aromatic rings. The molecule has 1 fully saturated rings. The largest absolute Gasteiger partial charge is 0.474 e. The maximum Gasteiger partial charge on any atom is 0.429 e. The molecule has 0 saturated carbocycles. The first-order valence-corrected chi connectivity index (χ1v) is 6.63. The molecule has 8 heteroatoms. The van der Waals surface area contributed by atoms with Gasteiger partial charge in [-0.1, -0.05) is 23.2 Å². The zero-order valence-corrected chi connectivity index (χ0v) is 11.7. The van der Waals surface area contributed by atoms with Crippen LogP contribution in [0.1, 0.15) is 5.56 Å². The third-order valence-corrected chi connectivity index (χ3v) is 3.57. The summed E-state index contributed by atoms with van der Waals surface area (Å²) in [5.41, 5.74) is -0.271. The van der Waals surface area contributed by atoms with Gasteiger partial charge >= 0.3 is 6.18 Å². The molecule has 21 heavy (non-hydrogen) atoms. The van der Waals surface area contributed by atoms with Gasteiger partial charge in [0.15, 0.2) is 5.78 Å². The molecule has 0 aliphatic carbocycles. The van der Waals surface area contributed by atoms with Crippen LogP contribution in [0.4, 0.5) is 13.2 Å². The van der Waals surface area contributed by atoms with Crippen molar-refractivity contribution in [3.8, 4) is 5.75 Å². The highest BCUT2D eigenvalue weighted by Gasteiger charge is 2.51. The Balaban J connectivity index is 2.11. The molecule has 2 aliphatic heterocycles. The number of rotatable bonds is 2. The number of ether oxygens (including phenoxy) is 2. The molecule has 1 aromatic carbocycles. The van der Waals surface area contributed by atoms with Gasteiger partial charge in [0.1, 0.15) is 11.9 Å². The number of ketones is 1. The molecule has 0 bridgehead atoms. The van der Waals surface area contributed by atoms with Gasteiger partial charge in [-0.05, 0) is 18.2 Å². The van der Waals surface area contributed by atoms with Gasteiger partial charge in [-0.15, -0.1) is 0 Å². The molecule has 2 heterocycles. The molecule has 0 aromatic heterocycles. The Morgan fingerprint density at radius 3 is 2.52 bits per heavy atom. The van der Waals surface area contributed by atoms with E-state index >= 15 is 0 Å². The Hall–Kier alpha value is -1.24. The van der Waals surface area contributed by atoms with Gasteiger partial charge in [-0.25, -0.2) is 0 Å². The van der Waals surface area contributed by atoms with E-state index in [0.717, 1.165) is 6.08 Å². The van der Waals surface area contributed by atoms with Crippen LogP contribution in [0.2, 0.25) is 10.0 Å². The van der Waals surface area contributed by atoms with Crippen LogP contribution in [0.3, 0.4) is 0 Å². The van der Waals surface area contributed by atoms with Gasteiger partial charge < -0.3 is 9.47 Å². The number of Topliss-reactive ketones (excluding diaryl/α,β-unsaturated/α-hetero) is 1. The van der Waals surface area contributed by atoms with Gasteiger partial charge in [0.25, 0.3) is 0 Å². The molecule has 3 nitrogen and oxygen atoms in total. The van der Waals surface area contributed by atoms with E-state index in [-0.39, 0.29) is 28.0 Å². The predicted octanol–water partition coefficient (Wildman–Crippen LogP) is 3.67. The van der Waals surface area contributed by atoms with Gasteiger partial charge in [-0.3, -0.25) is 4.79 Å². The number of carbonyl (C=O) groups is 1. The summed E-state index contributed by atoms with van der Waals surface area (Å²) in [4.78, 5) is 12.0. The molecule has 2 atom stereocenters. The van der Waals surface area contributed by atoms with Crippen molar-refractivity contribution in [2.45, 2.75) is 18.4 Å². The zero-order chi connectivity index (χ0) is 15.4. The second-order valence-corrected chi connectivity index (χ2v) is 5.48. The average molecular weight is 339 g/mol. The molecule has 0 radical (unpaired) electrons. The Labute approximate surface area is 127 Å². The van der Waals surface area contributed by atoms with E-state index in [1.807, 2.05) is 0 Å². The fraction of sp³-hybridized carbons (Fsp3) is 0.308. The highest BCUT2D eigenvalue weighted by molar-refractivity contribution is 6.36. The molecule has 3 rings (SSSR count). The smallest absolute Gasteiger partial charge is 0.429 e. The highest BCUT2D eigenvalue weighted by Crippen LogP contribution is 2.43. The molecule has 1 unspecified atom stereocenters. The van der Waals surface area contributed by atoms with Crippen LogP contribution < -0.4 is 4.74 Å². The minimum atomic E-state index is -4.74. The van der Waals surface area contributed by atoms with Crippen LogP contribution in [0.15, 0.2) is 17.7 Å². The van der Waals surface area contributed by atoms with Crippen molar-refractivity contribution in [3.63, 3.8) is 0 Å². The first kappa shape index (κ1) is 14.7. The molecule has 0 amide bonds. The second-order valence-electron chi connectivity index (χ2n) is 4.63. The first-order valence-electron chi connectivity index (χ1n) is 5.87. The van der Waals surface area contributed by atoms with Gasteiger partial charge in [0, 0.05) is 16.2 Å². The third-order valence-electron chi connectivity index (χ3n) is 3.07. The van der Waals surface area contributed by atoms with Crippen molar-refractivity contribution >= 4 is 35.1 Å². The Kier molecular flexibility index (Phi) is 3.43. The molecule has 1 saturated heterocycles. The lowest BCUT2D eigenvalue weighted by Crippen LogP contribution is -2.41. The van der Waals surface area contributed by atoms with Crippen molar-refractivity contribution in [3.05, 3.63) is 33.3 Å². The van der Waals surface area contributed by atoms with Crippen molar-refractivity contribution in [1.29, 1.82) is 0 Å². The average Bonchev–Trinajstić information content (AvgIpc) is 3.19. The van der Waals surface area contributed by atoms with Crippen LogP contribution in [-0.2, 0) is 9.53 Å². The molecule has 0 spiro atoms. The number of hydrogen-bond acceptors (Lipinski definition) is 3. The number of alkyl halides is 3. The third kappa shape index (κ3) is 2.75. The maximum atomic E-state index is 13.1. The summed E-state index contributed by atoms with van der Waals surface area (Å²) in [6.07, 6.45) is -6.82. The second kappa shape index (κ2) is 4.90. The van der Waals surface area contributed by atoms with Gasteiger partial charge in [-0.2, -0.15) is 13.2 Å². The summed E-state index contributed by atoms with van der Waals surface area (Å²) >= 11 is 11.7. The van der Waals surface area contributed by atoms with Crippen molar-refractivity contribution < 1.29 is 27.4 Å². The Morgan fingerprint density at radius 2 is 1.95 bits per heavy atom. The minimum Gasteiger partial charge on any atom is -0.474 e. The van der Waals surface area contributed by atoms with Crippen LogP contribution in [0, 0.1) is 0 Å². The van der Waals surface area contributed by atoms with E-state index in [1.165, 1.54) is 12.1 Å². The fourth-order valence-electron chi connectivity index (χ4n) is 2.07. The standard InChI is InChI=1S/C13H7Cl2F3O3/c14-6-1-5-2-7(10(19)9-4-20-9)12(13(16,17)18)21-11(5)8(15)3-6/h1-3,9,12H,4H2/t9?,12-/m0/s1. The predicted molar refractivity (Wildman–Crippen MR) is 69.7 cm³/mol. The number of carbonyl (C=O) groups excluding carboxylic acids is 1.